The van der Waals surface area contributed by atoms with Crippen LogP contribution in [-0.2, 0) is 21.4 Å². The molecule has 0 spiro atoms. The third-order valence-corrected chi connectivity index (χ3v) is 11.5. The van der Waals surface area contributed by atoms with Gasteiger partial charge in [0, 0.05) is 63.2 Å². The highest BCUT2D eigenvalue weighted by Gasteiger charge is 2.42. The number of carbonyl (C=O) groups is 1. The molecule has 1 N–H and O–H groups in total. The van der Waals surface area contributed by atoms with Crippen LogP contribution in [0.25, 0.3) is 10.8 Å². The Morgan fingerprint density at radius 2 is 1.74 bits per heavy atom. The number of methoxy groups -OCH3 is 1. The number of nitrogens with one attached hydrogen (secondary N) is 1. The van der Waals surface area contributed by atoms with E-state index in [0.717, 1.165) is 67.7 Å². The van der Waals surface area contributed by atoms with Crippen LogP contribution < -0.4 is 10.1 Å². The van der Waals surface area contributed by atoms with Crippen LogP contribution >= 0.6 is 0 Å². The monoisotopic (exact) mass is 593 g/mol. The Hall–Kier alpha value is -2.92. The molecule has 6 rings (SSSR count). The van der Waals surface area contributed by atoms with E-state index in [9.17, 15) is 13.2 Å². The van der Waals surface area contributed by atoms with Gasteiger partial charge in [0.05, 0.1) is 24.0 Å². The molecule has 3 aromatic rings. The molecule has 1 aromatic heterocycles. The van der Waals surface area contributed by atoms with Crippen LogP contribution in [-0.4, -0.2) is 92.0 Å². The predicted molar refractivity (Wildman–Crippen MR) is 164 cm³/mol. The second-order valence-electron chi connectivity index (χ2n) is 12.2. The third-order valence-electron chi connectivity index (χ3n) is 9.60. The number of nitrogens with zero attached hydrogens (tertiary/aromatic N) is 4. The number of fused-ring (bicyclic) bond motifs is 2. The summed E-state index contributed by atoms with van der Waals surface area (Å²) in [7, 11) is -0.0935. The lowest BCUT2D eigenvalue weighted by Gasteiger charge is -2.42. The zero-order chi connectivity index (χ0) is 29.4. The number of carbonyl (C=O) groups excluding carboxylic acids is 1. The lowest BCUT2D eigenvalue weighted by molar-refractivity contribution is -0.127. The van der Waals surface area contributed by atoms with E-state index < -0.39 is 22.0 Å². The molecule has 2 aromatic carbocycles. The van der Waals surface area contributed by atoms with E-state index in [0.29, 0.717) is 19.1 Å². The molecule has 2 aliphatic heterocycles. The Morgan fingerprint density at radius 1 is 0.976 bits per heavy atom. The summed E-state index contributed by atoms with van der Waals surface area (Å²) in [6.45, 7) is 7.05. The Labute approximate surface area is 249 Å². The molecule has 10 heteroatoms. The van der Waals surface area contributed by atoms with Crippen LogP contribution in [0.15, 0.2) is 59.6 Å². The number of likely N-dealkylation sites (N-methyl/N-ethyl adjacent to an activating group) is 1. The third kappa shape index (κ3) is 5.69. The first-order chi connectivity index (χ1) is 20.2. The van der Waals surface area contributed by atoms with E-state index in [2.05, 4.69) is 26.7 Å². The van der Waals surface area contributed by atoms with Gasteiger partial charge < -0.3 is 19.5 Å². The minimum Gasteiger partial charge on any atom is -0.497 e. The second kappa shape index (κ2) is 12.0. The van der Waals surface area contributed by atoms with Crippen LogP contribution in [0.1, 0.15) is 44.3 Å². The van der Waals surface area contributed by atoms with Gasteiger partial charge in [-0.3, -0.25) is 9.69 Å². The maximum atomic E-state index is 14.2. The van der Waals surface area contributed by atoms with E-state index in [4.69, 9.17) is 4.74 Å². The van der Waals surface area contributed by atoms with Gasteiger partial charge in [-0.25, -0.2) is 8.42 Å². The van der Waals surface area contributed by atoms with Crippen molar-refractivity contribution in [2.75, 3.05) is 46.9 Å². The SMILES string of the molecule is COc1ccc2cc(S(=O)(=O)N3CCn4cccc4C3C(C)C(=O)NC3CCCC(N4CCN(C)CC4)C3)ccc2c1. The van der Waals surface area contributed by atoms with Crippen molar-refractivity contribution >= 4 is 26.7 Å². The van der Waals surface area contributed by atoms with E-state index >= 15 is 0 Å². The molecule has 3 aliphatic rings. The standard InChI is InChI=1S/C32H43N5O4S/c1-23(32(38)33-26-6-4-7-27(22-26)35-16-14-34(2)15-17-35)31-30-8-5-13-36(30)18-19-37(31)42(39,40)29-12-10-24-20-28(41-3)11-9-25(24)21-29/h5,8-13,20-21,23,26-27,31H,4,6-7,14-19,22H2,1-3H3,(H,33,38). The molecule has 3 heterocycles. The lowest BCUT2D eigenvalue weighted by atomic mass is 9.88. The minimum absolute atomic E-state index is 0.0792. The highest BCUT2D eigenvalue weighted by atomic mass is 32.2. The largest absolute Gasteiger partial charge is 0.497 e. The van der Waals surface area contributed by atoms with Crippen LogP contribution in [0.5, 0.6) is 5.75 Å². The van der Waals surface area contributed by atoms with Gasteiger partial charge in [-0.2, -0.15) is 4.31 Å². The maximum absolute atomic E-state index is 14.2. The number of amides is 1. The van der Waals surface area contributed by atoms with Gasteiger partial charge in [-0.15, -0.1) is 0 Å². The summed E-state index contributed by atoms with van der Waals surface area (Å²) in [6, 6.07) is 14.7. The highest BCUT2D eigenvalue weighted by Crippen LogP contribution is 2.38. The highest BCUT2D eigenvalue weighted by molar-refractivity contribution is 7.89. The van der Waals surface area contributed by atoms with Crippen molar-refractivity contribution in [3.05, 3.63) is 60.4 Å². The summed E-state index contributed by atoms with van der Waals surface area (Å²) in [6.07, 6.45) is 6.16. The summed E-state index contributed by atoms with van der Waals surface area (Å²) < 4.78 is 37.4. The molecule has 0 bridgehead atoms. The molecule has 226 valence electrons. The molecule has 9 nitrogen and oxygen atoms in total. The molecule has 1 saturated carbocycles. The Kier molecular flexibility index (Phi) is 8.33. The molecule has 1 aliphatic carbocycles. The Morgan fingerprint density at radius 3 is 2.52 bits per heavy atom. The van der Waals surface area contributed by atoms with Crippen molar-refractivity contribution < 1.29 is 17.9 Å². The smallest absolute Gasteiger partial charge is 0.243 e. The van der Waals surface area contributed by atoms with Crippen molar-refractivity contribution in [3.63, 3.8) is 0 Å². The summed E-state index contributed by atoms with van der Waals surface area (Å²) in [5, 5.41) is 5.08. The van der Waals surface area contributed by atoms with Crippen LogP contribution in [0.4, 0.5) is 0 Å². The van der Waals surface area contributed by atoms with Gasteiger partial charge in [-0.1, -0.05) is 19.1 Å². The molecule has 0 radical (unpaired) electrons. The van der Waals surface area contributed by atoms with Gasteiger partial charge >= 0.3 is 0 Å². The number of aromatic nitrogens is 1. The fourth-order valence-corrected chi connectivity index (χ4v) is 8.78. The molecular weight excluding hydrogens is 550 g/mol. The summed E-state index contributed by atoms with van der Waals surface area (Å²) in [5.74, 6) is 0.0922. The van der Waals surface area contributed by atoms with Crippen molar-refractivity contribution in [2.24, 2.45) is 5.92 Å². The van der Waals surface area contributed by atoms with E-state index in [-0.39, 0.29) is 16.8 Å². The number of benzene rings is 2. The van der Waals surface area contributed by atoms with E-state index in [1.54, 1.807) is 23.5 Å². The molecule has 4 atom stereocenters. The lowest BCUT2D eigenvalue weighted by Crippen LogP contribution is -2.53. The first-order valence-electron chi connectivity index (χ1n) is 15.2. The van der Waals surface area contributed by atoms with Crippen LogP contribution in [0.3, 0.4) is 0 Å². The molecular formula is C32H43N5O4S. The molecule has 2 fully saturated rings. The van der Waals surface area contributed by atoms with Crippen molar-refractivity contribution in [2.45, 2.75) is 62.2 Å². The van der Waals surface area contributed by atoms with Crippen molar-refractivity contribution in [1.29, 1.82) is 0 Å². The number of hydrogen-bond acceptors (Lipinski definition) is 6. The van der Waals surface area contributed by atoms with E-state index in [1.807, 2.05) is 49.5 Å². The molecule has 4 unspecified atom stereocenters. The number of hydrogen-bond donors (Lipinski definition) is 1. The average Bonchev–Trinajstić information content (AvgIpc) is 3.49. The van der Waals surface area contributed by atoms with Gasteiger partial charge in [0.25, 0.3) is 0 Å². The van der Waals surface area contributed by atoms with E-state index in [1.165, 1.54) is 6.42 Å². The quantitative estimate of drug-likeness (QED) is 0.450. The molecule has 42 heavy (non-hydrogen) atoms. The Bertz CT molecular complexity index is 1530. The van der Waals surface area contributed by atoms with Gasteiger partial charge in [0.15, 0.2) is 0 Å². The normalized spacial score (nSPS) is 25.2. The first-order valence-corrected chi connectivity index (χ1v) is 16.7. The minimum atomic E-state index is -3.88. The number of ether oxygens (including phenoxy) is 1. The van der Waals surface area contributed by atoms with Gasteiger partial charge in [-0.05, 0) is 79.9 Å². The second-order valence-corrected chi connectivity index (χ2v) is 14.1. The van der Waals surface area contributed by atoms with Crippen LogP contribution in [0.2, 0.25) is 0 Å². The number of rotatable bonds is 7. The first kappa shape index (κ1) is 29.2. The van der Waals surface area contributed by atoms with Crippen molar-refractivity contribution in [3.8, 4) is 5.75 Å². The van der Waals surface area contributed by atoms with Gasteiger partial charge in [0.2, 0.25) is 15.9 Å². The fraction of sp³-hybridized carbons (Fsp3) is 0.531. The molecule has 1 saturated heterocycles. The topological polar surface area (TPSA) is 87.1 Å². The number of piperazine rings is 1. The average molecular weight is 594 g/mol. The van der Waals surface area contributed by atoms with Gasteiger partial charge in [0.1, 0.15) is 5.75 Å². The summed E-state index contributed by atoms with van der Waals surface area (Å²) in [5.41, 5.74) is 0.858. The number of sulfonamides is 1. The zero-order valence-electron chi connectivity index (χ0n) is 24.9. The summed E-state index contributed by atoms with van der Waals surface area (Å²) in [4.78, 5) is 19.0. The fourth-order valence-electron chi connectivity index (χ4n) is 7.08. The van der Waals surface area contributed by atoms with Crippen molar-refractivity contribution in [1.82, 2.24) is 24.0 Å². The predicted octanol–water partition coefficient (Wildman–Crippen LogP) is 3.71. The molecule has 1 amide bonds. The summed E-state index contributed by atoms with van der Waals surface area (Å²) >= 11 is 0. The zero-order valence-corrected chi connectivity index (χ0v) is 25.7. The van der Waals surface area contributed by atoms with Crippen LogP contribution in [0, 0.1) is 5.92 Å². The Balaban J connectivity index is 1.22. The maximum Gasteiger partial charge on any atom is 0.243 e.